The average molecular weight is 338 g/mol. The molecule has 0 spiro atoms. The largest absolute Gasteiger partial charge is 0.463 e. The first kappa shape index (κ1) is 16.6. The van der Waals surface area contributed by atoms with E-state index < -0.39 is 0 Å². The Kier molecular flexibility index (Phi) is 7.00. The zero-order valence-corrected chi connectivity index (χ0v) is 13.5. The number of nitrogens with zero attached hydrogens (tertiary/aromatic N) is 3. The molecule has 6 heteroatoms. The Labute approximate surface area is 140 Å². The second kappa shape index (κ2) is 9.28. The van der Waals surface area contributed by atoms with Crippen LogP contribution in [-0.2, 0) is 0 Å². The van der Waals surface area contributed by atoms with Gasteiger partial charge in [0.15, 0.2) is 0 Å². The molecule has 0 radical (unpaired) electrons. The first-order valence-electron chi connectivity index (χ1n) is 6.90. The van der Waals surface area contributed by atoms with Crippen molar-refractivity contribution in [3.8, 4) is 0 Å². The van der Waals surface area contributed by atoms with Crippen LogP contribution in [0.2, 0.25) is 0 Å². The van der Waals surface area contributed by atoms with E-state index in [9.17, 15) is 0 Å². The summed E-state index contributed by atoms with van der Waals surface area (Å²) in [5, 5.41) is 7.92. The minimum Gasteiger partial charge on any atom is -0.463 e. The van der Waals surface area contributed by atoms with Gasteiger partial charge < -0.3 is 9.32 Å². The van der Waals surface area contributed by atoms with Crippen molar-refractivity contribution in [2.24, 2.45) is 10.2 Å². The molecule has 1 aromatic heterocycles. The number of hydrogen-bond acceptors (Lipinski definition) is 4. The summed E-state index contributed by atoms with van der Waals surface area (Å²) in [6.45, 7) is 1.55. The molecule has 0 N–H and O–H groups in total. The maximum absolute atomic E-state index is 5.81. The van der Waals surface area contributed by atoms with E-state index in [0.29, 0.717) is 17.5 Å². The molecule has 0 aliphatic rings. The number of halogens is 2. The summed E-state index contributed by atoms with van der Waals surface area (Å²) in [5.41, 5.74) is 2.06. The number of rotatable bonds is 8. The first-order valence-corrected chi connectivity index (χ1v) is 7.97. The summed E-state index contributed by atoms with van der Waals surface area (Å²) < 4.78 is 5.12. The van der Waals surface area contributed by atoms with E-state index in [1.165, 1.54) is 0 Å². The molecule has 0 aliphatic heterocycles. The van der Waals surface area contributed by atoms with Crippen LogP contribution >= 0.6 is 23.2 Å². The highest BCUT2D eigenvalue weighted by Crippen LogP contribution is 2.15. The molecule has 0 atom stereocenters. The van der Waals surface area contributed by atoms with Crippen LogP contribution in [0.25, 0.3) is 0 Å². The molecule has 2 rings (SSSR count). The summed E-state index contributed by atoms with van der Waals surface area (Å²) >= 11 is 11.6. The lowest BCUT2D eigenvalue weighted by Crippen LogP contribution is -2.27. The fraction of sp³-hybridized carbons (Fsp3) is 0.250. The third-order valence-corrected chi connectivity index (χ3v) is 3.31. The molecule has 0 bridgehead atoms. The molecule has 4 nitrogen and oxygen atoms in total. The van der Waals surface area contributed by atoms with Crippen molar-refractivity contribution in [2.75, 3.05) is 29.7 Å². The molecule has 0 saturated heterocycles. The molecule has 0 amide bonds. The molecular formula is C16H17Cl2N3O. The highest BCUT2D eigenvalue weighted by molar-refractivity contribution is 6.18. The Morgan fingerprint density at radius 2 is 1.64 bits per heavy atom. The van der Waals surface area contributed by atoms with E-state index in [1.54, 1.807) is 24.8 Å². The van der Waals surface area contributed by atoms with Crippen LogP contribution in [0.1, 0.15) is 11.3 Å². The number of furan rings is 1. The molecule has 1 heterocycles. The summed E-state index contributed by atoms with van der Waals surface area (Å²) in [5.74, 6) is 1.81. The monoisotopic (exact) mass is 337 g/mol. The Hall–Kier alpha value is -1.78. The lowest BCUT2D eigenvalue weighted by molar-refractivity contribution is 0.560. The van der Waals surface area contributed by atoms with Crippen LogP contribution in [0.5, 0.6) is 0 Å². The van der Waals surface area contributed by atoms with Crippen molar-refractivity contribution in [1.82, 2.24) is 0 Å². The maximum atomic E-state index is 5.81. The van der Waals surface area contributed by atoms with Gasteiger partial charge >= 0.3 is 0 Å². The van der Waals surface area contributed by atoms with Crippen molar-refractivity contribution in [2.45, 2.75) is 0 Å². The molecule has 0 aliphatic carbocycles. The lowest BCUT2D eigenvalue weighted by Gasteiger charge is -2.22. The molecule has 22 heavy (non-hydrogen) atoms. The molecule has 0 saturated carbocycles. The van der Waals surface area contributed by atoms with Gasteiger partial charge in [0.05, 0.1) is 18.7 Å². The minimum atomic E-state index is 0.571. The van der Waals surface area contributed by atoms with Gasteiger partial charge in [0.2, 0.25) is 0 Å². The van der Waals surface area contributed by atoms with E-state index in [2.05, 4.69) is 15.1 Å². The van der Waals surface area contributed by atoms with E-state index >= 15 is 0 Å². The summed E-state index contributed by atoms with van der Waals surface area (Å²) in [4.78, 5) is 2.15. The first-order chi connectivity index (χ1) is 10.8. The highest BCUT2D eigenvalue weighted by Gasteiger charge is 2.04. The third-order valence-electron chi connectivity index (χ3n) is 2.97. The predicted octanol–water partition coefficient (Wildman–Crippen LogP) is 4.02. The van der Waals surface area contributed by atoms with Crippen molar-refractivity contribution in [1.29, 1.82) is 0 Å². The SMILES string of the molecule is ClCCN(CCCl)c1ccc(/C=N/N=C\c2ccco2)cc1. The van der Waals surface area contributed by atoms with Gasteiger partial charge in [-0.15, -0.1) is 23.2 Å². The zero-order chi connectivity index (χ0) is 15.6. The lowest BCUT2D eigenvalue weighted by atomic mass is 10.2. The second-order valence-electron chi connectivity index (χ2n) is 4.46. The van der Waals surface area contributed by atoms with Gasteiger partial charge in [-0.25, -0.2) is 0 Å². The van der Waals surface area contributed by atoms with Crippen LogP contribution in [0, 0.1) is 0 Å². The second-order valence-corrected chi connectivity index (χ2v) is 5.22. The molecule has 2 aromatic rings. The van der Waals surface area contributed by atoms with Crippen molar-refractivity contribution in [3.05, 3.63) is 54.0 Å². The van der Waals surface area contributed by atoms with Crippen LogP contribution in [0.3, 0.4) is 0 Å². The van der Waals surface area contributed by atoms with E-state index in [-0.39, 0.29) is 0 Å². The molecule has 1 aromatic carbocycles. The quantitative estimate of drug-likeness (QED) is 0.414. The summed E-state index contributed by atoms with van der Waals surface area (Å²) in [7, 11) is 0. The zero-order valence-electron chi connectivity index (χ0n) is 12.0. The van der Waals surface area contributed by atoms with Crippen LogP contribution in [-0.4, -0.2) is 37.3 Å². The fourth-order valence-electron chi connectivity index (χ4n) is 1.90. The predicted molar refractivity (Wildman–Crippen MR) is 94.0 cm³/mol. The van der Waals surface area contributed by atoms with E-state index in [0.717, 1.165) is 24.3 Å². The van der Waals surface area contributed by atoms with Gasteiger partial charge in [0, 0.05) is 30.5 Å². The normalized spacial score (nSPS) is 11.5. The van der Waals surface area contributed by atoms with Gasteiger partial charge in [-0.2, -0.15) is 10.2 Å². The summed E-state index contributed by atoms with van der Waals surface area (Å²) in [6.07, 6.45) is 4.85. The Balaban J connectivity index is 1.96. The van der Waals surface area contributed by atoms with Crippen LogP contribution in [0.4, 0.5) is 5.69 Å². The standard InChI is InChI=1S/C16H17Cl2N3O/c17-7-9-21(10-8-18)15-5-3-14(4-6-15)12-19-20-13-16-2-1-11-22-16/h1-6,11-13H,7-10H2/b19-12+,20-13-. The Bertz CT molecular complexity index is 588. The Morgan fingerprint density at radius 1 is 0.955 bits per heavy atom. The highest BCUT2D eigenvalue weighted by atomic mass is 35.5. The van der Waals surface area contributed by atoms with Gasteiger partial charge in [-0.3, -0.25) is 0 Å². The maximum Gasteiger partial charge on any atom is 0.146 e. The molecule has 0 unspecified atom stereocenters. The van der Waals surface area contributed by atoms with E-state index in [4.69, 9.17) is 27.6 Å². The Morgan fingerprint density at radius 3 is 2.23 bits per heavy atom. The van der Waals surface area contributed by atoms with Gasteiger partial charge in [-0.1, -0.05) is 12.1 Å². The average Bonchev–Trinajstić information content (AvgIpc) is 3.05. The topological polar surface area (TPSA) is 41.1 Å². The van der Waals surface area contributed by atoms with Gasteiger partial charge in [-0.05, 0) is 29.8 Å². The van der Waals surface area contributed by atoms with Crippen LogP contribution in [0.15, 0.2) is 57.3 Å². The minimum absolute atomic E-state index is 0.571. The number of benzene rings is 1. The van der Waals surface area contributed by atoms with E-state index in [1.807, 2.05) is 30.3 Å². The fourth-order valence-corrected chi connectivity index (χ4v) is 2.31. The number of alkyl halides is 2. The van der Waals surface area contributed by atoms with Crippen molar-refractivity contribution in [3.63, 3.8) is 0 Å². The smallest absolute Gasteiger partial charge is 0.146 e. The molecule has 0 fully saturated rings. The third kappa shape index (κ3) is 5.20. The number of anilines is 1. The van der Waals surface area contributed by atoms with Gasteiger partial charge in [0.1, 0.15) is 5.76 Å². The number of hydrogen-bond donors (Lipinski definition) is 0. The van der Waals surface area contributed by atoms with Crippen molar-refractivity contribution < 1.29 is 4.42 Å². The molecule has 116 valence electrons. The summed E-state index contributed by atoms with van der Waals surface area (Å²) in [6, 6.07) is 11.6. The van der Waals surface area contributed by atoms with Crippen LogP contribution < -0.4 is 4.90 Å². The van der Waals surface area contributed by atoms with Crippen molar-refractivity contribution >= 4 is 41.3 Å². The van der Waals surface area contributed by atoms with Gasteiger partial charge in [0.25, 0.3) is 0 Å². The molecular weight excluding hydrogens is 321 g/mol.